The molecule has 9 heteroatoms. The third-order valence-electron chi connectivity index (χ3n) is 2.39. The summed E-state index contributed by atoms with van der Waals surface area (Å²) in [4.78, 5) is 16.7. The Bertz CT molecular complexity index is 416. The van der Waals surface area contributed by atoms with E-state index >= 15 is 0 Å². The molecule has 0 aliphatic carbocycles. The molecule has 0 aromatic carbocycles. The molecule has 0 bridgehead atoms. The second-order valence-electron chi connectivity index (χ2n) is 3.95. The number of hydrogen-bond donors (Lipinski definition) is 2. The highest BCUT2D eigenvalue weighted by Gasteiger charge is 2.38. The van der Waals surface area contributed by atoms with Crippen LogP contribution in [0, 0.1) is 0 Å². The van der Waals surface area contributed by atoms with Crippen molar-refractivity contribution in [1.82, 2.24) is 9.88 Å². The molecule has 5 nitrogen and oxygen atoms in total. The minimum Gasteiger partial charge on any atom is -0.475 e. The second-order valence-corrected chi connectivity index (χ2v) is 5.10. The predicted molar refractivity (Wildman–Crippen MR) is 64.7 cm³/mol. The van der Waals surface area contributed by atoms with Crippen LogP contribution in [0.4, 0.5) is 18.3 Å². The number of anilines is 1. The van der Waals surface area contributed by atoms with Gasteiger partial charge in [0.05, 0.1) is 0 Å². The quantitative estimate of drug-likeness (QED) is 0.872. The van der Waals surface area contributed by atoms with Crippen LogP contribution >= 0.6 is 11.3 Å². The Labute approximate surface area is 111 Å². The van der Waals surface area contributed by atoms with Crippen LogP contribution in [0.25, 0.3) is 0 Å². The van der Waals surface area contributed by atoms with Gasteiger partial charge in [-0.05, 0) is 25.9 Å². The third-order valence-corrected chi connectivity index (χ3v) is 3.20. The first-order valence-corrected chi connectivity index (χ1v) is 6.33. The Morgan fingerprint density at radius 3 is 2.37 bits per heavy atom. The van der Waals surface area contributed by atoms with Gasteiger partial charge >= 0.3 is 12.1 Å². The summed E-state index contributed by atoms with van der Waals surface area (Å²) >= 11 is 1.60. The topological polar surface area (TPSA) is 79.5 Å². The highest BCUT2D eigenvalue weighted by atomic mass is 32.1. The summed E-state index contributed by atoms with van der Waals surface area (Å²) in [5.41, 5.74) is 5.54. The normalized spacial score (nSPS) is 15.9. The molecule has 2 rings (SSSR count). The lowest BCUT2D eigenvalue weighted by atomic mass is 10.4. The average molecular weight is 297 g/mol. The molecule has 1 aromatic rings. The zero-order valence-electron chi connectivity index (χ0n) is 9.98. The molecule has 0 amide bonds. The highest BCUT2D eigenvalue weighted by Crippen LogP contribution is 2.18. The van der Waals surface area contributed by atoms with E-state index in [9.17, 15) is 13.2 Å². The first kappa shape index (κ1) is 15.7. The zero-order chi connectivity index (χ0) is 14.5. The number of rotatable bonds is 2. The molecule has 1 aromatic heterocycles. The molecule has 1 aliphatic rings. The van der Waals surface area contributed by atoms with Gasteiger partial charge in [-0.1, -0.05) is 0 Å². The van der Waals surface area contributed by atoms with E-state index in [1.54, 1.807) is 11.3 Å². The summed E-state index contributed by atoms with van der Waals surface area (Å²) in [5, 5.41) is 7.81. The fraction of sp³-hybridized carbons (Fsp3) is 0.600. The van der Waals surface area contributed by atoms with E-state index in [1.807, 2.05) is 6.20 Å². The number of hydrogen-bond acceptors (Lipinski definition) is 5. The maximum absolute atomic E-state index is 10.6. The van der Waals surface area contributed by atoms with Gasteiger partial charge in [-0.2, -0.15) is 13.2 Å². The standard InChI is InChI=1S/C8H13N3S.C2HF3O2/c9-8-10-5-7(12-8)6-11-3-1-2-4-11;3-2(4,5)1(6)7/h5H,1-4,6H2,(H2,9,10);(H,6,7). The highest BCUT2D eigenvalue weighted by molar-refractivity contribution is 7.15. The number of likely N-dealkylation sites (tertiary alicyclic amines) is 1. The third kappa shape index (κ3) is 5.88. The molecule has 19 heavy (non-hydrogen) atoms. The van der Waals surface area contributed by atoms with Crippen molar-refractivity contribution in [3.63, 3.8) is 0 Å². The molecule has 1 saturated heterocycles. The van der Waals surface area contributed by atoms with Crippen molar-refractivity contribution < 1.29 is 23.1 Å². The zero-order valence-corrected chi connectivity index (χ0v) is 10.8. The Hall–Kier alpha value is -1.35. The van der Waals surface area contributed by atoms with E-state index in [2.05, 4.69) is 9.88 Å². The molecule has 108 valence electrons. The summed E-state index contributed by atoms with van der Waals surface area (Å²) in [6.07, 6.45) is -0.513. The number of aromatic nitrogens is 1. The molecular formula is C10H14F3N3O2S. The SMILES string of the molecule is Nc1ncc(CN2CCCC2)s1.O=C(O)C(F)(F)F. The molecule has 0 radical (unpaired) electrons. The Morgan fingerprint density at radius 1 is 1.47 bits per heavy atom. The van der Waals surface area contributed by atoms with E-state index in [-0.39, 0.29) is 0 Å². The molecule has 1 fully saturated rings. The Morgan fingerprint density at radius 2 is 2.00 bits per heavy atom. The van der Waals surface area contributed by atoms with Crippen LogP contribution in [0.3, 0.4) is 0 Å². The van der Waals surface area contributed by atoms with Gasteiger partial charge in [0, 0.05) is 17.6 Å². The average Bonchev–Trinajstić information content (AvgIpc) is 2.90. The smallest absolute Gasteiger partial charge is 0.475 e. The van der Waals surface area contributed by atoms with Crippen LogP contribution in [-0.4, -0.2) is 40.2 Å². The van der Waals surface area contributed by atoms with Crippen LogP contribution in [0.5, 0.6) is 0 Å². The minimum atomic E-state index is -5.08. The molecule has 0 atom stereocenters. The van der Waals surface area contributed by atoms with Crippen molar-refractivity contribution in [2.75, 3.05) is 18.8 Å². The van der Waals surface area contributed by atoms with Gasteiger partial charge in [0.2, 0.25) is 0 Å². The largest absolute Gasteiger partial charge is 0.490 e. The van der Waals surface area contributed by atoms with E-state index in [1.165, 1.54) is 30.8 Å². The fourth-order valence-corrected chi connectivity index (χ4v) is 2.28. The van der Waals surface area contributed by atoms with Gasteiger partial charge in [-0.25, -0.2) is 9.78 Å². The molecule has 1 aliphatic heterocycles. The van der Waals surface area contributed by atoms with Gasteiger partial charge < -0.3 is 10.8 Å². The van der Waals surface area contributed by atoms with Crippen LogP contribution in [0.1, 0.15) is 17.7 Å². The van der Waals surface area contributed by atoms with Gasteiger partial charge in [0.1, 0.15) is 0 Å². The molecule has 0 spiro atoms. The van der Waals surface area contributed by atoms with E-state index in [4.69, 9.17) is 15.6 Å². The van der Waals surface area contributed by atoms with Gasteiger partial charge in [0.25, 0.3) is 0 Å². The van der Waals surface area contributed by atoms with Crippen molar-refractivity contribution in [3.8, 4) is 0 Å². The fourth-order valence-electron chi connectivity index (χ4n) is 1.56. The minimum absolute atomic E-state index is 0.684. The Kier molecular flexibility index (Phi) is 5.55. The maximum atomic E-state index is 10.6. The molecule has 0 saturated carbocycles. The summed E-state index contributed by atoms with van der Waals surface area (Å²) in [6, 6.07) is 0. The summed E-state index contributed by atoms with van der Waals surface area (Å²) < 4.78 is 31.7. The number of carboxylic acids is 1. The van der Waals surface area contributed by atoms with E-state index in [0.717, 1.165) is 6.54 Å². The van der Waals surface area contributed by atoms with Crippen LogP contribution in [0.2, 0.25) is 0 Å². The van der Waals surface area contributed by atoms with Gasteiger partial charge in [0.15, 0.2) is 5.13 Å². The van der Waals surface area contributed by atoms with E-state index in [0.29, 0.717) is 5.13 Å². The number of thiazole rings is 1. The number of alkyl halides is 3. The number of nitrogens with two attached hydrogens (primary N) is 1. The van der Waals surface area contributed by atoms with Crippen LogP contribution < -0.4 is 5.73 Å². The lowest BCUT2D eigenvalue weighted by Crippen LogP contribution is -2.21. The molecule has 0 unspecified atom stereocenters. The molecule has 3 N–H and O–H groups in total. The summed E-state index contributed by atoms with van der Waals surface area (Å²) in [6.45, 7) is 3.50. The molecule has 2 heterocycles. The number of nitrogens with zero attached hydrogens (tertiary/aromatic N) is 2. The van der Waals surface area contributed by atoms with Gasteiger partial charge in [-0.3, -0.25) is 4.90 Å². The predicted octanol–water partition coefficient (Wildman–Crippen LogP) is 1.95. The number of nitrogen functional groups attached to an aromatic ring is 1. The first-order chi connectivity index (χ1) is 8.79. The number of carboxylic acid groups (broad SMARTS) is 1. The van der Waals surface area contributed by atoms with Gasteiger partial charge in [-0.15, -0.1) is 11.3 Å². The lowest BCUT2D eigenvalue weighted by Gasteiger charge is -2.11. The number of aliphatic carboxylic acids is 1. The second kappa shape index (κ2) is 6.71. The first-order valence-electron chi connectivity index (χ1n) is 5.51. The van der Waals surface area contributed by atoms with Crippen molar-refractivity contribution in [1.29, 1.82) is 0 Å². The van der Waals surface area contributed by atoms with Crippen molar-refractivity contribution in [2.24, 2.45) is 0 Å². The lowest BCUT2D eigenvalue weighted by molar-refractivity contribution is -0.192. The number of carbonyl (C=O) groups is 1. The van der Waals surface area contributed by atoms with Crippen LogP contribution in [-0.2, 0) is 11.3 Å². The summed E-state index contributed by atoms with van der Waals surface area (Å²) in [5.74, 6) is -2.76. The van der Waals surface area contributed by atoms with Crippen LogP contribution in [0.15, 0.2) is 6.20 Å². The molecular weight excluding hydrogens is 283 g/mol. The van der Waals surface area contributed by atoms with Crippen molar-refractivity contribution >= 4 is 22.4 Å². The van der Waals surface area contributed by atoms with Crippen molar-refractivity contribution in [2.45, 2.75) is 25.6 Å². The monoisotopic (exact) mass is 297 g/mol. The Balaban J connectivity index is 0.000000224. The maximum Gasteiger partial charge on any atom is 0.490 e. The summed E-state index contributed by atoms with van der Waals surface area (Å²) in [7, 11) is 0. The van der Waals surface area contributed by atoms with Crippen molar-refractivity contribution in [3.05, 3.63) is 11.1 Å². The van der Waals surface area contributed by atoms with E-state index < -0.39 is 12.1 Å². The number of halogens is 3.